The number of thiophene rings is 1. The van der Waals surface area contributed by atoms with E-state index in [1.54, 1.807) is 11.3 Å². The zero-order chi connectivity index (χ0) is 15.5. The molecule has 2 rings (SSSR count). The van der Waals surface area contributed by atoms with E-state index in [0.717, 1.165) is 10.9 Å². The molecule has 0 saturated heterocycles. The molecule has 1 aromatic carbocycles. The Balaban J connectivity index is 2.20. The van der Waals surface area contributed by atoms with Crippen molar-refractivity contribution in [1.29, 1.82) is 0 Å². The Kier molecular flexibility index (Phi) is 5.04. The molecule has 0 fully saturated rings. The van der Waals surface area contributed by atoms with Crippen LogP contribution in [0.1, 0.15) is 10.4 Å². The maximum Gasteiger partial charge on any atom is 0.241 e. The molecule has 0 radical (unpaired) electrons. The number of rotatable bonds is 6. The number of nitrogens with two attached hydrogens (primary N) is 1. The summed E-state index contributed by atoms with van der Waals surface area (Å²) in [4.78, 5) is 0.541. The third-order valence-corrected chi connectivity index (χ3v) is 5.40. The highest BCUT2D eigenvalue weighted by Gasteiger charge is 2.22. The minimum atomic E-state index is -3.86. The van der Waals surface area contributed by atoms with E-state index in [9.17, 15) is 12.8 Å². The molecule has 21 heavy (non-hydrogen) atoms. The highest BCUT2D eigenvalue weighted by molar-refractivity contribution is 7.89. The average molecular weight is 344 g/mol. The summed E-state index contributed by atoms with van der Waals surface area (Å²) in [6.07, 6.45) is 0.564. The molecule has 2 aromatic rings. The average Bonchev–Trinajstić information content (AvgIpc) is 2.91. The maximum atomic E-state index is 13.7. The first-order valence-electron chi connectivity index (χ1n) is 6.02. The first-order valence-corrected chi connectivity index (χ1v) is 8.79. The molecule has 0 unspecified atom stereocenters. The molecule has 0 spiro atoms. The molecule has 3 N–H and O–H groups in total. The Labute approximate surface area is 131 Å². The third-order valence-electron chi connectivity index (χ3n) is 2.75. The van der Waals surface area contributed by atoms with Gasteiger partial charge in [0.2, 0.25) is 10.0 Å². The van der Waals surface area contributed by atoms with Gasteiger partial charge in [0, 0.05) is 11.4 Å². The van der Waals surface area contributed by atoms with Crippen LogP contribution in [0.5, 0.6) is 0 Å². The molecule has 0 aliphatic carbocycles. The van der Waals surface area contributed by atoms with Gasteiger partial charge in [0.05, 0.1) is 10.5 Å². The quantitative estimate of drug-likeness (QED) is 0.787. The van der Waals surface area contributed by atoms with Crippen molar-refractivity contribution in [3.05, 3.63) is 52.0 Å². The van der Waals surface area contributed by atoms with E-state index in [4.69, 9.17) is 18.0 Å². The van der Waals surface area contributed by atoms with Crippen molar-refractivity contribution in [2.75, 3.05) is 6.54 Å². The van der Waals surface area contributed by atoms with Gasteiger partial charge < -0.3 is 5.73 Å². The van der Waals surface area contributed by atoms with Crippen LogP contribution < -0.4 is 10.5 Å². The van der Waals surface area contributed by atoms with E-state index in [-0.39, 0.29) is 22.0 Å². The summed E-state index contributed by atoms with van der Waals surface area (Å²) in [6.45, 7) is 0.218. The Bertz CT molecular complexity index is 743. The normalized spacial score (nSPS) is 11.5. The minimum absolute atomic E-state index is 0.218. The number of hydrogen-bond acceptors (Lipinski definition) is 4. The van der Waals surface area contributed by atoms with E-state index in [1.165, 1.54) is 12.1 Å². The summed E-state index contributed by atoms with van der Waals surface area (Å²) in [5.74, 6) is -0.747. The second kappa shape index (κ2) is 6.61. The molecular formula is C13H13FN2O2S3. The lowest BCUT2D eigenvalue weighted by Gasteiger charge is -2.11. The molecule has 8 heteroatoms. The summed E-state index contributed by atoms with van der Waals surface area (Å²) in [5, 5.41) is 1.92. The lowest BCUT2D eigenvalue weighted by Crippen LogP contribution is -2.28. The number of nitrogens with one attached hydrogen (secondary N) is 1. The molecule has 0 amide bonds. The van der Waals surface area contributed by atoms with Crippen LogP contribution in [0.15, 0.2) is 40.6 Å². The van der Waals surface area contributed by atoms with Crippen LogP contribution in [0, 0.1) is 5.82 Å². The Hall–Kier alpha value is -1.35. The van der Waals surface area contributed by atoms with Crippen molar-refractivity contribution >= 4 is 38.6 Å². The second-order valence-electron chi connectivity index (χ2n) is 4.20. The van der Waals surface area contributed by atoms with Crippen molar-refractivity contribution in [2.45, 2.75) is 11.3 Å². The number of sulfonamides is 1. The molecule has 0 atom stereocenters. The molecule has 1 heterocycles. The van der Waals surface area contributed by atoms with E-state index < -0.39 is 15.8 Å². The smallest absolute Gasteiger partial charge is 0.241 e. The van der Waals surface area contributed by atoms with Crippen molar-refractivity contribution in [3.63, 3.8) is 0 Å². The Morgan fingerprint density at radius 1 is 1.33 bits per heavy atom. The molecule has 0 aliphatic heterocycles. The summed E-state index contributed by atoms with van der Waals surface area (Å²) in [7, 11) is -3.86. The van der Waals surface area contributed by atoms with Crippen LogP contribution in [-0.4, -0.2) is 20.0 Å². The second-order valence-corrected chi connectivity index (χ2v) is 7.41. The van der Waals surface area contributed by atoms with E-state index >= 15 is 0 Å². The fourth-order valence-electron chi connectivity index (χ4n) is 1.81. The van der Waals surface area contributed by atoms with Crippen LogP contribution in [0.2, 0.25) is 0 Å². The lowest BCUT2D eigenvalue weighted by molar-refractivity contribution is 0.577. The van der Waals surface area contributed by atoms with Gasteiger partial charge in [-0.1, -0.05) is 24.4 Å². The monoisotopic (exact) mass is 344 g/mol. The van der Waals surface area contributed by atoms with Crippen LogP contribution in [-0.2, 0) is 16.4 Å². The van der Waals surface area contributed by atoms with E-state index in [2.05, 4.69) is 4.72 Å². The predicted octanol–water partition coefficient (Wildman–Crippen LogP) is 2.04. The zero-order valence-corrected chi connectivity index (χ0v) is 13.3. The summed E-state index contributed by atoms with van der Waals surface area (Å²) >= 11 is 6.27. The third kappa shape index (κ3) is 3.85. The SMILES string of the molecule is NC(=S)c1c(F)cccc1S(=O)(=O)NCCc1cccs1. The molecule has 1 aromatic heterocycles. The molecule has 0 aliphatic rings. The first-order chi connectivity index (χ1) is 9.92. The standard InChI is InChI=1S/C13H13FN2O2S3/c14-10-4-1-5-11(12(10)13(15)19)21(17,18)16-7-6-9-3-2-8-20-9/h1-5,8,16H,6-7H2,(H2,15,19). The van der Waals surface area contributed by atoms with Gasteiger partial charge >= 0.3 is 0 Å². The lowest BCUT2D eigenvalue weighted by atomic mass is 10.2. The van der Waals surface area contributed by atoms with Crippen molar-refractivity contribution in [3.8, 4) is 0 Å². The van der Waals surface area contributed by atoms with E-state index in [1.807, 2.05) is 17.5 Å². The topological polar surface area (TPSA) is 72.2 Å². The van der Waals surface area contributed by atoms with Crippen molar-refractivity contribution in [1.82, 2.24) is 4.72 Å². The highest BCUT2D eigenvalue weighted by atomic mass is 32.2. The molecule has 0 saturated carbocycles. The van der Waals surface area contributed by atoms with Gasteiger partial charge in [-0.15, -0.1) is 11.3 Å². The van der Waals surface area contributed by atoms with Gasteiger partial charge in [0.1, 0.15) is 10.8 Å². The van der Waals surface area contributed by atoms with Crippen LogP contribution in [0.4, 0.5) is 4.39 Å². The van der Waals surface area contributed by atoms with Gasteiger partial charge in [-0.05, 0) is 30.0 Å². The van der Waals surface area contributed by atoms with E-state index in [0.29, 0.717) is 6.42 Å². The molecule has 112 valence electrons. The number of hydrogen-bond donors (Lipinski definition) is 2. The number of halogens is 1. The summed E-state index contributed by atoms with van der Waals surface area (Å²) in [6, 6.07) is 7.53. The number of benzene rings is 1. The molecular weight excluding hydrogens is 331 g/mol. The van der Waals surface area contributed by atoms with Gasteiger partial charge in [-0.2, -0.15) is 0 Å². The van der Waals surface area contributed by atoms with Gasteiger partial charge in [0.15, 0.2) is 0 Å². The summed E-state index contributed by atoms with van der Waals surface area (Å²) in [5.41, 5.74) is 5.17. The van der Waals surface area contributed by atoms with Gasteiger partial charge in [0.25, 0.3) is 0 Å². The van der Waals surface area contributed by atoms with Crippen molar-refractivity contribution in [2.24, 2.45) is 5.73 Å². The Morgan fingerprint density at radius 2 is 2.10 bits per heavy atom. The van der Waals surface area contributed by atoms with Crippen LogP contribution in [0.25, 0.3) is 0 Å². The Morgan fingerprint density at radius 3 is 2.71 bits per heavy atom. The van der Waals surface area contributed by atoms with Crippen LogP contribution in [0.3, 0.4) is 0 Å². The maximum absolute atomic E-state index is 13.7. The van der Waals surface area contributed by atoms with Crippen LogP contribution >= 0.6 is 23.6 Å². The van der Waals surface area contributed by atoms with Gasteiger partial charge in [-0.25, -0.2) is 17.5 Å². The number of thiocarbonyl (C=S) groups is 1. The van der Waals surface area contributed by atoms with Gasteiger partial charge in [-0.3, -0.25) is 0 Å². The highest BCUT2D eigenvalue weighted by Crippen LogP contribution is 2.19. The molecule has 0 bridgehead atoms. The molecule has 4 nitrogen and oxygen atoms in total. The van der Waals surface area contributed by atoms with Crippen molar-refractivity contribution < 1.29 is 12.8 Å². The first kappa shape index (κ1) is 16.0. The zero-order valence-electron chi connectivity index (χ0n) is 10.9. The largest absolute Gasteiger partial charge is 0.389 e. The minimum Gasteiger partial charge on any atom is -0.389 e. The predicted molar refractivity (Wildman–Crippen MR) is 85.5 cm³/mol. The fraction of sp³-hybridized carbons (Fsp3) is 0.154. The fourth-order valence-corrected chi connectivity index (χ4v) is 4.05. The summed E-state index contributed by atoms with van der Waals surface area (Å²) < 4.78 is 40.6.